The SMILES string of the molecule is CN=C(NCCNS(=O)(=O)c1cccs1)N(C)CCOc1ccccc1F. The number of aliphatic imine (C=N–C) groups is 1. The van der Waals surface area contributed by atoms with Crippen LogP contribution in [0.1, 0.15) is 0 Å². The Labute approximate surface area is 162 Å². The third-order valence-corrected chi connectivity index (χ3v) is 6.41. The van der Waals surface area contributed by atoms with Crippen LogP contribution in [0.4, 0.5) is 4.39 Å². The fourth-order valence-corrected chi connectivity index (χ4v) is 4.26. The van der Waals surface area contributed by atoms with Crippen LogP contribution in [0.25, 0.3) is 0 Å². The average Bonchev–Trinajstić information content (AvgIpc) is 3.19. The van der Waals surface area contributed by atoms with E-state index >= 15 is 0 Å². The standard InChI is InChI=1S/C17H23FN4O3S2/c1-19-17(20-9-10-21-27(23,24)16-8-5-13-26-16)22(2)11-12-25-15-7-4-3-6-14(15)18/h3-8,13,21H,9-12H2,1-2H3,(H,19,20). The highest BCUT2D eigenvalue weighted by molar-refractivity contribution is 7.91. The lowest BCUT2D eigenvalue weighted by molar-refractivity contribution is 0.270. The largest absolute Gasteiger partial charge is 0.489 e. The highest BCUT2D eigenvalue weighted by atomic mass is 32.2. The molecule has 7 nitrogen and oxygen atoms in total. The molecule has 10 heteroatoms. The van der Waals surface area contributed by atoms with Crippen molar-refractivity contribution in [2.75, 3.05) is 40.3 Å². The van der Waals surface area contributed by atoms with E-state index < -0.39 is 15.8 Å². The Kier molecular flexibility index (Phi) is 8.01. The highest BCUT2D eigenvalue weighted by Crippen LogP contribution is 2.15. The summed E-state index contributed by atoms with van der Waals surface area (Å²) in [7, 11) is -0.0246. The van der Waals surface area contributed by atoms with Crippen LogP contribution in [0.3, 0.4) is 0 Å². The quantitative estimate of drug-likeness (QED) is 0.371. The topological polar surface area (TPSA) is 83.0 Å². The molecule has 0 spiro atoms. The summed E-state index contributed by atoms with van der Waals surface area (Å²) in [6, 6.07) is 9.48. The van der Waals surface area contributed by atoms with Gasteiger partial charge in [-0.05, 0) is 23.6 Å². The molecule has 1 heterocycles. The Morgan fingerprint density at radius 2 is 2.04 bits per heavy atom. The monoisotopic (exact) mass is 414 g/mol. The molecule has 0 aliphatic heterocycles. The molecule has 2 N–H and O–H groups in total. The van der Waals surface area contributed by atoms with Gasteiger partial charge in [0.15, 0.2) is 17.5 Å². The molecular weight excluding hydrogens is 391 g/mol. The number of sulfonamides is 1. The maximum atomic E-state index is 13.5. The minimum absolute atomic E-state index is 0.205. The van der Waals surface area contributed by atoms with Crippen molar-refractivity contribution in [3.05, 3.63) is 47.6 Å². The molecular formula is C17H23FN4O3S2. The Balaban J connectivity index is 1.72. The van der Waals surface area contributed by atoms with Crippen LogP contribution in [0.15, 0.2) is 51.0 Å². The lowest BCUT2D eigenvalue weighted by atomic mass is 10.3. The van der Waals surface area contributed by atoms with Gasteiger partial charge in [0.25, 0.3) is 0 Å². The summed E-state index contributed by atoms with van der Waals surface area (Å²) in [6.45, 7) is 1.35. The third-order valence-electron chi connectivity index (χ3n) is 3.55. The van der Waals surface area contributed by atoms with Crippen molar-refractivity contribution in [1.29, 1.82) is 0 Å². The Morgan fingerprint density at radius 3 is 2.70 bits per heavy atom. The first-order valence-corrected chi connectivity index (χ1v) is 10.6. The molecule has 0 aliphatic rings. The van der Waals surface area contributed by atoms with E-state index in [-0.39, 0.29) is 23.1 Å². The number of hydrogen-bond donors (Lipinski definition) is 2. The zero-order valence-electron chi connectivity index (χ0n) is 15.2. The summed E-state index contributed by atoms with van der Waals surface area (Å²) in [5.41, 5.74) is 0. The fraction of sp³-hybridized carbons (Fsp3) is 0.353. The lowest BCUT2D eigenvalue weighted by Crippen LogP contribution is -2.43. The first-order chi connectivity index (χ1) is 12.9. The molecule has 148 valence electrons. The predicted octanol–water partition coefficient (Wildman–Crippen LogP) is 1.75. The molecule has 2 rings (SSSR count). The van der Waals surface area contributed by atoms with Crippen LogP contribution in [0.2, 0.25) is 0 Å². The van der Waals surface area contributed by atoms with Crippen LogP contribution in [-0.4, -0.2) is 59.6 Å². The van der Waals surface area contributed by atoms with Gasteiger partial charge in [-0.3, -0.25) is 4.99 Å². The van der Waals surface area contributed by atoms with Crippen molar-refractivity contribution in [2.24, 2.45) is 4.99 Å². The fourth-order valence-electron chi connectivity index (χ4n) is 2.19. The van der Waals surface area contributed by atoms with Crippen LogP contribution in [0, 0.1) is 5.82 Å². The predicted molar refractivity (Wildman–Crippen MR) is 105 cm³/mol. The smallest absolute Gasteiger partial charge is 0.250 e. The van der Waals surface area contributed by atoms with Gasteiger partial charge in [0.05, 0.1) is 6.54 Å². The van der Waals surface area contributed by atoms with Gasteiger partial charge in [0, 0.05) is 27.2 Å². The van der Waals surface area contributed by atoms with E-state index in [1.165, 1.54) is 17.4 Å². The summed E-state index contributed by atoms with van der Waals surface area (Å²) in [5, 5.41) is 4.79. The van der Waals surface area contributed by atoms with Crippen molar-refractivity contribution < 1.29 is 17.5 Å². The summed E-state index contributed by atoms with van der Waals surface area (Å²) >= 11 is 1.17. The number of likely N-dealkylation sites (N-methyl/N-ethyl adjacent to an activating group) is 1. The number of rotatable bonds is 9. The number of benzene rings is 1. The number of thiophene rings is 1. The van der Waals surface area contributed by atoms with Gasteiger partial charge in [0.1, 0.15) is 10.8 Å². The third kappa shape index (κ3) is 6.49. The molecule has 0 atom stereocenters. The molecule has 0 saturated heterocycles. The number of hydrogen-bond acceptors (Lipinski definition) is 5. The van der Waals surface area contributed by atoms with Crippen LogP contribution in [-0.2, 0) is 10.0 Å². The van der Waals surface area contributed by atoms with Crippen molar-refractivity contribution >= 4 is 27.3 Å². The van der Waals surface area contributed by atoms with E-state index in [2.05, 4.69) is 15.0 Å². The van der Waals surface area contributed by atoms with E-state index in [9.17, 15) is 12.8 Å². The number of halogens is 1. The average molecular weight is 415 g/mol. The van der Waals surface area contributed by atoms with Crippen LogP contribution >= 0.6 is 11.3 Å². The van der Waals surface area contributed by atoms with Crippen molar-refractivity contribution in [3.63, 3.8) is 0 Å². The number of ether oxygens (including phenoxy) is 1. The van der Waals surface area contributed by atoms with Crippen molar-refractivity contribution in [1.82, 2.24) is 14.9 Å². The molecule has 0 fully saturated rings. The molecule has 2 aromatic rings. The highest BCUT2D eigenvalue weighted by Gasteiger charge is 2.14. The molecule has 0 saturated carbocycles. The van der Waals surface area contributed by atoms with E-state index in [4.69, 9.17) is 4.74 Å². The molecule has 0 aliphatic carbocycles. The number of nitrogens with zero attached hydrogens (tertiary/aromatic N) is 2. The normalized spacial score (nSPS) is 12.0. The first-order valence-electron chi connectivity index (χ1n) is 8.26. The van der Waals surface area contributed by atoms with Crippen LogP contribution in [0.5, 0.6) is 5.75 Å². The van der Waals surface area contributed by atoms with Gasteiger partial charge in [-0.15, -0.1) is 11.3 Å². The van der Waals surface area contributed by atoms with Gasteiger partial charge < -0.3 is 15.0 Å². The van der Waals surface area contributed by atoms with Gasteiger partial charge in [-0.1, -0.05) is 18.2 Å². The Bertz CT molecular complexity index is 842. The second-order valence-corrected chi connectivity index (χ2v) is 8.45. The minimum Gasteiger partial charge on any atom is -0.489 e. The van der Waals surface area contributed by atoms with E-state index in [1.54, 1.807) is 42.8 Å². The number of guanidine groups is 1. The zero-order chi connectivity index (χ0) is 19.7. The van der Waals surface area contributed by atoms with E-state index in [0.29, 0.717) is 19.0 Å². The molecule has 1 aromatic heterocycles. The van der Waals surface area contributed by atoms with Gasteiger partial charge in [0.2, 0.25) is 10.0 Å². The molecule has 0 unspecified atom stereocenters. The molecule has 0 bridgehead atoms. The summed E-state index contributed by atoms with van der Waals surface area (Å²) in [6.07, 6.45) is 0. The first kappa shape index (κ1) is 21.1. The maximum absolute atomic E-state index is 13.5. The maximum Gasteiger partial charge on any atom is 0.250 e. The second kappa shape index (κ2) is 10.2. The van der Waals surface area contributed by atoms with Crippen LogP contribution < -0.4 is 14.8 Å². The summed E-state index contributed by atoms with van der Waals surface area (Å²) in [4.78, 5) is 5.96. The molecule has 0 radical (unpaired) electrons. The molecule has 1 aromatic carbocycles. The lowest BCUT2D eigenvalue weighted by Gasteiger charge is -2.22. The van der Waals surface area contributed by atoms with Gasteiger partial charge >= 0.3 is 0 Å². The molecule has 0 amide bonds. The Morgan fingerprint density at radius 1 is 1.26 bits per heavy atom. The van der Waals surface area contributed by atoms with Crippen molar-refractivity contribution in [2.45, 2.75) is 4.21 Å². The second-order valence-electron chi connectivity index (χ2n) is 5.50. The van der Waals surface area contributed by atoms with Gasteiger partial charge in [-0.25, -0.2) is 17.5 Å². The number of para-hydroxylation sites is 1. The van der Waals surface area contributed by atoms with Gasteiger partial charge in [-0.2, -0.15) is 0 Å². The minimum atomic E-state index is -3.47. The zero-order valence-corrected chi connectivity index (χ0v) is 16.8. The van der Waals surface area contributed by atoms with Crippen molar-refractivity contribution in [3.8, 4) is 5.75 Å². The molecule has 27 heavy (non-hydrogen) atoms. The summed E-state index contributed by atoms with van der Waals surface area (Å²) in [5.74, 6) is 0.389. The number of nitrogens with one attached hydrogen (secondary N) is 2. The van der Waals surface area contributed by atoms with E-state index in [0.717, 1.165) is 0 Å². The summed E-state index contributed by atoms with van der Waals surface area (Å²) < 4.78 is 45.8. The Hall–Kier alpha value is -2.17. The van der Waals surface area contributed by atoms with E-state index in [1.807, 2.05) is 11.9 Å².